The number of aliphatic hydroxyl groups is 3. The average Bonchev–Trinajstić information content (AvgIpc) is 2.78. The zero-order chi connectivity index (χ0) is 22.5. The molecule has 2 aromatic rings. The molecular weight excluding hydrogens is 428 g/mol. The lowest BCUT2D eigenvalue weighted by Crippen LogP contribution is -2.56. The number of para-hydroxylation sites is 1. The number of carbonyl (C=O) groups excluding carboxylic acids is 1. The van der Waals surface area contributed by atoms with E-state index >= 15 is 0 Å². The summed E-state index contributed by atoms with van der Waals surface area (Å²) in [5, 5.41) is 30.1. The summed E-state index contributed by atoms with van der Waals surface area (Å²) in [7, 11) is 2.82. The van der Waals surface area contributed by atoms with Gasteiger partial charge >= 0.3 is 5.97 Å². The minimum Gasteiger partial charge on any atom is -0.493 e. The highest BCUT2D eigenvalue weighted by Gasteiger charge is 2.45. The minimum absolute atomic E-state index is 0.0723. The Morgan fingerprint density at radius 1 is 1.13 bits per heavy atom. The van der Waals surface area contributed by atoms with Crippen LogP contribution in [0.4, 0.5) is 0 Å². The number of ether oxygens (including phenoxy) is 4. The van der Waals surface area contributed by atoms with Crippen LogP contribution in [-0.2, 0) is 9.47 Å². The molecule has 0 aromatic heterocycles. The van der Waals surface area contributed by atoms with Crippen LogP contribution >= 0.6 is 11.6 Å². The monoisotopic (exact) mass is 452 g/mol. The molecule has 8 nitrogen and oxygen atoms in total. The maximum atomic E-state index is 12.8. The van der Waals surface area contributed by atoms with Gasteiger partial charge in [0.25, 0.3) is 0 Å². The highest BCUT2D eigenvalue weighted by Crippen LogP contribution is 2.40. The first-order valence-electron chi connectivity index (χ1n) is 9.70. The fourth-order valence-electron chi connectivity index (χ4n) is 3.56. The topological polar surface area (TPSA) is 115 Å². The molecule has 5 atom stereocenters. The number of hydrogen-bond donors (Lipinski definition) is 3. The van der Waals surface area contributed by atoms with Gasteiger partial charge in [0, 0.05) is 19.6 Å². The van der Waals surface area contributed by atoms with Crippen LogP contribution in [0.3, 0.4) is 0 Å². The molecule has 1 aliphatic rings. The summed E-state index contributed by atoms with van der Waals surface area (Å²) in [6.45, 7) is -0.325. The Labute approximate surface area is 184 Å². The molecule has 0 radical (unpaired) electrons. The van der Waals surface area contributed by atoms with Gasteiger partial charge in [-0.25, -0.2) is 4.79 Å². The third-order valence-corrected chi connectivity index (χ3v) is 5.56. The van der Waals surface area contributed by atoms with Gasteiger partial charge in [-0.3, -0.25) is 0 Å². The SMILES string of the molecule is COc1cc(C(=O)O[C@@H]2[C@@H](O)[C@H](O)[C@@H](CO)C[C@@H]2OC)cc(Cl)c1Oc1ccccc1. The molecule has 0 aliphatic heterocycles. The molecule has 1 aliphatic carbocycles. The zero-order valence-electron chi connectivity index (χ0n) is 17.1. The van der Waals surface area contributed by atoms with Crippen LogP contribution < -0.4 is 9.47 Å². The Hall–Kier alpha value is -2.36. The number of hydrogen-bond acceptors (Lipinski definition) is 8. The van der Waals surface area contributed by atoms with E-state index in [1.807, 2.05) is 6.07 Å². The van der Waals surface area contributed by atoms with Gasteiger partial charge < -0.3 is 34.3 Å². The van der Waals surface area contributed by atoms with E-state index in [1.54, 1.807) is 24.3 Å². The Morgan fingerprint density at radius 2 is 1.84 bits per heavy atom. The predicted octanol–water partition coefficient (Wildman–Crippen LogP) is 2.42. The van der Waals surface area contributed by atoms with Crippen LogP contribution in [0, 0.1) is 5.92 Å². The highest BCUT2D eigenvalue weighted by molar-refractivity contribution is 6.32. The third kappa shape index (κ3) is 5.11. The molecule has 0 saturated heterocycles. The molecule has 0 heterocycles. The van der Waals surface area contributed by atoms with E-state index in [-0.39, 0.29) is 35.1 Å². The molecule has 1 fully saturated rings. The highest BCUT2D eigenvalue weighted by atomic mass is 35.5. The van der Waals surface area contributed by atoms with Gasteiger partial charge in [0.05, 0.1) is 29.9 Å². The molecule has 31 heavy (non-hydrogen) atoms. The second-order valence-corrected chi connectivity index (χ2v) is 7.62. The van der Waals surface area contributed by atoms with Gasteiger partial charge in [0.2, 0.25) is 0 Å². The molecule has 0 bridgehead atoms. The van der Waals surface area contributed by atoms with Crippen molar-refractivity contribution in [2.24, 2.45) is 5.92 Å². The number of carbonyl (C=O) groups is 1. The summed E-state index contributed by atoms with van der Waals surface area (Å²) in [5.41, 5.74) is 0.0723. The maximum Gasteiger partial charge on any atom is 0.338 e. The van der Waals surface area contributed by atoms with Gasteiger partial charge in [0.1, 0.15) is 11.9 Å². The lowest BCUT2D eigenvalue weighted by Gasteiger charge is -2.40. The molecule has 2 aromatic carbocycles. The Kier molecular flexibility index (Phi) is 7.74. The second-order valence-electron chi connectivity index (χ2n) is 7.21. The maximum absolute atomic E-state index is 12.8. The smallest absolute Gasteiger partial charge is 0.338 e. The minimum atomic E-state index is -1.42. The molecule has 0 spiro atoms. The molecule has 168 valence electrons. The number of methoxy groups -OCH3 is 2. The van der Waals surface area contributed by atoms with Crippen molar-refractivity contribution in [3.63, 3.8) is 0 Å². The van der Waals surface area contributed by atoms with Crippen molar-refractivity contribution in [1.29, 1.82) is 0 Å². The summed E-state index contributed by atoms with van der Waals surface area (Å²) in [4.78, 5) is 12.8. The normalized spacial score (nSPS) is 25.7. The van der Waals surface area contributed by atoms with Crippen molar-refractivity contribution in [2.75, 3.05) is 20.8 Å². The standard InChI is InChI=1S/C22H25ClO8/c1-28-16-9-12(8-15(23)20(16)30-14-6-4-3-5-7-14)22(27)31-21-17(29-2)10-13(11-24)18(25)19(21)26/h3-9,13,17-19,21,24-26H,10-11H2,1-2H3/t13-,17+,18-,19+,21+/m1/s1. The van der Waals surface area contributed by atoms with Crippen molar-refractivity contribution < 1.29 is 39.1 Å². The van der Waals surface area contributed by atoms with Gasteiger partial charge in [0.15, 0.2) is 17.6 Å². The van der Waals surface area contributed by atoms with Gasteiger partial charge in [-0.05, 0) is 30.7 Å². The quantitative estimate of drug-likeness (QED) is 0.549. The van der Waals surface area contributed by atoms with E-state index < -0.39 is 36.3 Å². The molecule has 9 heteroatoms. The van der Waals surface area contributed by atoms with Crippen LogP contribution in [0.5, 0.6) is 17.2 Å². The molecular formula is C22H25ClO8. The van der Waals surface area contributed by atoms with Crippen molar-refractivity contribution in [1.82, 2.24) is 0 Å². The fraction of sp³-hybridized carbons (Fsp3) is 0.409. The van der Waals surface area contributed by atoms with E-state index in [4.69, 9.17) is 30.5 Å². The predicted molar refractivity (Wildman–Crippen MR) is 112 cm³/mol. The number of rotatable bonds is 7. The van der Waals surface area contributed by atoms with Crippen molar-refractivity contribution in [3.8, 4) is 17.2 Å². The number of esters is 1. The summed E-state index contributed by atoms with van der Waals surface area (Å²) < 4.78 is 21.9. The first kappa shape index (κ1) is 23.3. The van der Waals surface area contributed by atoms with Crippen LogP contribution in [0.2, 0.25) is 5.02 Å². The third-order valence-electron chi connectivity index (χ3n) is 5.28. The number of halogens is 1. The molecule has 0 amide bonds. The lowest BCUT2D eigenvalue weighted by molar-refractivity contribution is -0.172. The van der Waals surface area contributed by atoms with Gasteiger partial charge in [-0.15, -0.1) is 0 Å². The summed E-state index contributed by atoms with van der Waals surface area (Å²) in [6, 6.07) is 11.7. The van der Waals surface area contributed by atoms with Gasteiger partial charge in [-0.1, -0.05) is 29.8 Å². The van der Waals surface area contributed by atoms with Crippen LogP contribution in [0.1, 0.15) is 16.8 Å². The molecule has 3 N–H and O–H groups in total. The van der Waals surface area contributed by atoms with Crippen molar-refractivity contribution >= 4 is 17.6 Å². The fourth-order valence-corrected chi connectivity index (χ4v) is 3.81. The summed E-state index contributed by atoms with van der Waals surface area (Å²) >= 11 is 6.34. The summed E-state index contributed by atoms with van der Waals surface area (Å²) in [5.74, 6) is -0.374. The number of aliphatic hydroxyl groups excluding tert-OH is 3. The van der Waals surface area contributed by atoms with E-state index in [0.717, 1.165) is 0 Å². The first-order valence-corrected chi connectivity index (χ1v) is 10.1. The van der Waals surface area contributed by atoms with E-state index in [2.05, 4.69) is 0 Å². The molecule has 3 rings (SSSR count). The zero-order valence-corrected chi connectivity index (χ0v) is 17.9. The lowest BCUT2D eigenvalue weighted by atomic mass is 9.81. The van der Waals surface area contributed by atoms with E-state index in [1.165, 1.54) is 26.4 Å². The van der Waals surface area contributed by atoms with Crippen LogP contribution in [0.25, 0.3) is 0 Å². The van der Waals surface area contributed by atoms with E-state index in [9.17, 15) is 20.1 Å². The van der Waals surface area contributed by atoms with E-state index in [0.29, 0.717) is 5.75 Å². The summed E-state index contributed by atoms with van der Waals surface area (Å²) in [6.07, 6.45) is -4.28. The number of benzene rings is 2. The van der Waals surface area contributed by atoms with Crippen LogP contribution in [0.15, 0.2) is 42.5 Å². The van der Waals surface area contributed by atoms with Crippen LogP contribution in [-0.4, -0.2) is 66.5 Å². The first-order chi connectivity index (χ1) is 14.9. The molecule has 1 saturated carbocycles. The average molecular weight is 453 g/mol. The van der Waals surface area contributed by atoms with Crippen molar-refractivity contribution in [3.05, 3.63) is 53.1 Å². The second kappa shape index (κ2) is 10.3. The molecule has 0 unspecified atom stereocenters. The van der Waals surface area contributed by atoms with Gasteiger partial charge in [-0.2, -0.15) is 0 Å². The Balaban J connectivity index is 1.82. The van der Waals surface area contributed by atoms with Crippen molar-refractivity contribution in [2.45, 2.75) is 30.8 Å². The Morgan fingerprint density at radius 3 is 2.45 bits per heavy atom. The largest absolute Gasteiger partial charge is 0.493 e. The Bertz CT molecular complexity index is 889.